The fraction of sp³-hybridized carbons (Fsp3) is 1.00. The van der Waals surface area contributed by atoms with Crippen molar-refractivity contribution in [1.82, 2.24) is 0 Å². The van der Waals surface area contributed by atoms with E-state index in [2.05, 4.69) is 25.0 Å². The standard InChI is InChI=1S/C24H42O6S/c1-15(5-4-12-30-31(27,28)29)18-6-7-19-22-20(9-11-24(18,19)3)23(2)10-8-17(25)13-16(23)14-21(22)26/h15-22,25-26H,4-14H2,1-3H3,(H,27,28,29)/t15-,16+,17-,18?,19?,20?,21-,22?,23+,24-/m1/s1. The molecule has 0 heterocycles. The van der Waals surface area contributed by atoms with E-state index in [0.717, 1.165) is 32.1 Å². The maximum Gasteiger partial charge on any atom is 0.397 e. The smallest absolute Gasteiger partial charge is 0.393 e. The topological polar surface area (TPSA) is 104 Å². The normalized spacial score (nSPS) is 48.5. The molecule has 0 radical (unpaired) electrons. The Morgan fingerprint density at radius 2 is 1.68 bits per heavy atom. The van der Waals surface area contributed by atoms with Crippen molar-refractivity contribution in [2.45, 2.75) is 97.2 Å². The van der Waals surface area contributed by atoms with Crippen molar-refractivity contribution in [2.75, 3.05) is 6.61 Å². The third-order valence-corrected chi connectivity index (χ3v) is 10.9. The van der Waals surface area contributed by atoms with E-state index in [1.807, 2.05) is 0 Å². The van der Waals surface area contributed by atoms with Crippen molar-refractivity contribution in [3.63, 3.8) is 0 Å². The van der Waals surface area contributed by atoms with Crippen LogP contribution < -0.4 is 0 Å². The predicted octanol–water partition coefficient (Wildman–Crippen LogP) is 4.21. The Kier molecular flexibility index (Phi) is 6.59. The summed E-state index contributed by atoms with van der Waals surface area (Å²) in [4.78, 5) is 0. The molecule has 7 heteroatoms. The first-order chi connectivity index (χ1) is 14.5. The molecule has 180 valence electrons. The maximum absolute atomic E-state index is 11.3. The third kappa shape index (κ3) is 4.34. The average Bonchev–Trinajstić information content (AvgIpc) is 3.03. The quantitative estimate of drug-likeness (QED) is 0.407. The van der Waals surface area contributed by atoms with Crippen molar-refractivity contribution in [1.29, 1.82) is 0 Å². The van der Waals surface area contributed by atoms with E-state index in [-0.39, 0.29) is 29.6 Å². The van der Waals surface area contributed by atoms with Crippen molar-refractivity contribution >= 4 is 10.4 Å². The summed E-state index contributed by atoms with van der Waals surface area (Å²) in [7, 11) is -4.35. The second kappa shape index (κ2) is 8.53. The summed E-state index contributed by atoms with van der Waals surface area (Å²) in [5.41, 5.74) is 0.476. The van der Waals surface area contributed by atoms with Gasteiger partial charge in [-0.3, -0.25) is 4.55 Å². The minimum atomic E-state index is -4.35. The van der Waals surface area contributed by atoms with Gasteiger partial charge in [-0.05, 0) is 111 Å². The Morgan fingerprint density at radius 3 is 2.39 bits per heavy atom. The minimum Gasteiger partial charge on any atom is -0.393 e. The fourth-order valence-corrected chi connectivity index (χ4v) is 9.27. The molecule has 0 spiro atoms. The van der Waals surface area contributed by atoms with E-state index < -0.39 is 10.4 Å². The van der Waals surface area contributed by atoms with Crippen LogP contribution in [0.3, 0.4) is 0 Å². The highest BCUT2D eigenvalue weighted by Crippen LogP contribution is 2.68. The van der Waals surface area contributed by atoms with Crippen LogP contribution in [0.25, 0.3) is 0 Å². The molecule has 4 rings (SSSR count). The van der Waals surface area contributed by atoms with E-state index in [1.54, 1.807) is 0 Å². The van der Waals surface area contributed by atoms with Gasteiger partial charge in [0, 0.05) is 0 Å². The lowest BCUT2D eigenvalue weighted by Gasteiger charge is -2.62. The predicted molar refractivity (Wildman–Crippen MR) is 119 cm³/mol. The molecule has 4 fully saturated rings. The summed E-state index contributed by atoms with van der Waals surface area (Å²) in [5.74, 6) is 2.96. The number of aliphatic hydroxyl groups excluding tert-OH is 2. The lowest BCUT2D eigenvalue weighted by atomic mass is 9.43. The summed E-state index contributed by atoms with van der Waals surface area (Å²) in [6, 6.07) is 0. The monoisotopic (exact) mass is 458 g/mol. The van der Waals surface area contributed by atoms with Gasteiger partial charge in [0.25, 0.3) is 0 Å². The highest BCUT2D eigenvalue weighted by Gasteiger charge is 2.62. The Labute approximate surface area is 188 Å². The number of aliphatic hydroxyl groups is 2. The Hall–Kier alpha value is -0.210. The maximum atomic E-state index is 11.3. The van der Waals surface area contributed by atoms with Gasteiger partial charge < -0.3 is 10.2 Å². The molecule has 31 heavy (non-hydrogen) atoms. The number of rotatable bonds is 6. The molecule has 0 amide bonds. The molecule has 4 saturated carbocycles. The average molecular weight is 459 g/mol. The number of fused-ring (bicyclic) bond motifs is 5. The molecule has 0 aromatic rings. The van der Waals surface area contributed by atoms with Gasteiger partial charge in [-0.25, -0.2) is 4.18 Å². The second-order valence-electron chi connectivity index (χ2n) is 11.8. The molecule has 6 nitrogen and oxygen atoms in total. The SMILES string of the molecule is C[C@H](CCCOS(=O)(=O)O)C1CCC2C3C(CC[C@@]21C)[C@@]1(C)CC[C@@H](O)C[C@H]1C[C@H]3O. The zero-order chi connectivity index (χ0) is 22.6. The van der Waals surface area contributed by atoms with Gasteiger partial charge >= 0.3 is 10.4 Å². The number of hydrogen-bond donors (Lipinski definition) is 3. The van der Waals surface area contributed by atoms with Crippen LogP contribution in [-0.2, 0) is 14.6 Å². The number of hydrogen-bond acceptors (Lipinski definition) is 5. The van der Waals surface area contributed by atoms with Crippen molar-refractivity contribution in [3.05, 3.63) is 0 Å². The molecule has 0 aliphatic heterocycles. The summed E-state index contributed by atoms with van der Waals surface area (Å²) >= 11 is 0. The van der Waals surface area contributed by atoms with E-state index in [9.17, 15) is 18.6 Å². The van der Waals surface area contributed by atoms with Crippen LogP contribution in [0.1, 0.15) is 85.0 Å². The second-order valence-corrected chi connectivity index (χ2v) is 12.9. The first kappa shape index (κ1) is 23.9. The first-order valence-electron chi connectivity index (χ1n) is 12.4. The molecule has 0 aromatic heterocycles. The summed E-state index contributed by atoms with van der Waals surface area (Å²) in [6.07, 6.45) is 9.46. The van der Waals surface area contributed by atoms with Crippen LogP contribution >= 0.6 is 0 Å². The molecule has 10 atom stereocenters. The zero-order valence-corrected chi connectivity index (χ0v) is 20.2. The molecular formula is C24H42O6S. The van der Waals surface area contributed by atoms with E-state index in [4.69, 9.17) is 4.55 Å². The lowest BCUT2D eigenvalue weighted by Crippen LogP contribution is -2.58. The van der Waals surface area contributed by atoms with E-state index >= 15 is 0 Å². The van der Waals surface area contributed by atoms with Gasteiger partial charge in [0.2, 0.25) is 0 Å². The van der Waals surface area contributed by atoms with E-state index in [1.165, 1.54) is 25.7 Å². The molecule has 4 aliphatic carbocycles. The molecule has 4 unspecified atom stereocenters. The van der Waals surface area contributed by atoms with Gasteiger partial charge in [0.05, 0.1) is 18.8 Å². The molecular weight excluding hydrogens is 416 g/mol. The lowest BCUT2D eigenvalue weighted by molar-refractivity contribution is -0.174. The van der Waals surface area contributed by atoms with Crippen LogP contribution in [0, 0.1) is 46.3 Å². The molecule has 4 aliphatic rings. The molecule has 0 aromatic carbocycles. The van der Waals surface area contributed by atoms with Crippen molar-refractivity contribution < 1.29 is 27.4 Å². The van der Waals surface area contributed by atoms with Crippen LogP contribution in [-0.4, -0.2) is 42.0 Å². The summed E-state index contributed by atoms with van der Waals surface area (Å²) in [6.45, 7) is 7.20. The fourth-order valence-electron chi connectivity index (χ4n) is 8.95. The van der Waals surface area contributed by atoms with Gasteiger partial charge in [0.15, 0.2) is 0 Å². The third-order valence-electron chi connectivity index (χ3n) is 10.5. The van der Waals surface area contributed by atoms with Crippen molar-refractivity contribution in [2.24, 2.45) is 46.3 Å². The summed E-state index contributed by atoms with van der Waals surface area (Å²) < 4.78 is 34.8. The zero-order valence-electron chi connectivity index (χ0n) is 19.4. The van der Waals surface area contributed by atoms with Crippen molar-refractivity contribution in [3.8, 4) is 0 Å². The van der Waals surface area contributed by atoms with Gasteiger partial charge in [0.1, 0.15) is 0 Å². The van der Waals surface area contributed by atoms with Crippen LogP contribution in [0.4, 0.5) is 0 Å². The molecule has 3 N–H and O–H groups in total. The van der Waals surface area contributed by atoms with Gasteiger partial charge in [-0.15, -0.1) is 0 Å². The Morgan fingerprint density at radius 1 is 1.00 bits per heavy atom. The highest BCUT2D eigenvalue weighted by atomic mass is 32.3. The minimum absolute atomic E-state index is 0.0328. The largest absolute Gasteiger partial charge is 0.397 e. The van der Waals surface area contributed by atoms with Gasteiger partial charge in [-0.2, -0.15) is 8.42 Å². The molecule has 0 saturated heterocycles. The summed E-state index contributed by atoms with van der Waals surface area (Å²) in [5, 5.41) is 21.5. The van der Waals surface area contributed by atoms with Crippen LogP contribution in [0.5, 0.6) is 0 Å². The first-order valence-corrected chi connectivity index (χ1v) is 13.8. The van der Waals surface area contributed by atoms with Gasteiger partial charge in [-0.1, -0.05) is 20.8 Å². The van der Waals surface area contributed by atoms with E-state index in [0.29, 0.717) is 41.9 Å². The Bertz CT molecular complexity index is 755. The Balaban J connectivity index is 1.45. The van der Waals surface area contributed by atoms with Crippen LogP contribution in [0.2, 0.25) is 0 Å². The highest BCUT2D eigenvalue weighted by molar-refractivity contribution is 7.80. The molecule has 0 bridgehead atoms. The van der Waals surface area contributed by atoms with Crippen LogP contribution in [0.15, 0.2) is 0 Å².